The van der Waals surface area contributed by atoms with Crippen molar-refractivity contribution >= 4 is 14.0 Å². The average molecular weight is 376 g/mol. The van der Waals surface area contributed by atoms with Gasteiger partial charge >= 0.3 is 6.18 Å². The molecule has 0 saturated heterocycles. The summed E-state index contributed by atoms with van der Waals surface area (Å²) < 4.78 is 45.7. The van der Waals surface area contributed by atoms with Crippen LogP contribution in [0.5, 0.6) is 5.75 Å². The fourth-order valence-electron chi connectivity index (χ4n) is 2.39. The van der Waals surface area contributed by atoms with Gasteiger partial charge in [0.1, 0.15) is 5.75 Å². The third-order valence-corrected chi connectivity index (χ3v) is 5.87. The predicted molar refractivity (Wildman–Crippen MR) is 97.1 cm³/mol. The van der Waals surface area contributed by atoms with E-state index in [1.165, 1.54) is 11.0 Å². The number of alkyl halides is 3. The number of nitrogens with zero attached hydrogens (tertiary/aromatic N) is 1. The molecule has 0 spiro atoms. The maximum absolute atomic E-state index is 13.4. The molecule has 0 aliphatic rings. The molecule has 3 nitrogen and oxygen atoms in total. The lowest BCUT2D eigenvalue weighted by Gasteiger charge is -2.21. The van der Waals surface area contributed by atoms with Crippen LogP contribution in [0.1, 0.15) is 34.8 Å². The molecular weight excluding hydrogens is 347 g/mol. The molecule has 0 bridgehead atoms. The van der Waals surface area contributed by atoms with E-state index in [4.69, 9.17) is 4.74 Å². The Labute approximate surface area is 149 Å². The highest BCUT2D eigenvalue weighted by Gasteiger charge is 2.36. The molecule has 25 heavy (non-hydrogen) atoms. The van der Waals surface area contributed by atoms with Crippen molar-refractivity contribution in [3.63, 3.8) is 0 Å². The lowest BCUT2D eigenvalue weighted by molar-refractivity contribution is -0.139. The Balaban J connectivity index is 3.09. The molecule has 0 aromatic heterocycles. The number of benzene rings is 1. The van der Waals surface area contributed by atoms with Crippen LogP contribution in [0.15, 0.2) is 12.1 Å². The molecule has 142 valence electrons. The fourth-order valence-corrected chi connectivity index (χ4v) is 3.59. The third kappa shape index (κ3) is 6.38. The summed E-state index contributed by atoms with van der Waals surface area (Å²) >= 11 is 0. The highest BCUT2D eigenvalue weighted by Crippen LogP contribution is 2.38. The molecule has 0 radical (unpaired) electrons. The minimum Gasteiger partial charge on any atom is -0.493 e. The van der Waals surface area contributed by atoms with Crippen LogP contribution < -0.4 is 4.74 Å². The van der Waals surface area contributed by atoms with Gasteiger partial charge in [-0.2, -0.15) is 13.2 Å². The zero-order valence-corrected chi connectivity index (χ0v) is 16.9. The quantitative estimate of drug-likeness (QED) is 0.483. The molecule has 0 fully saturated rings. The first kappa shape index (κ1) is 21.5. The van der Waals surface area contributed by atoms with Gasteiger partial charge in [-0.15, -0.1) is 0 Å². The van der Waals surface area contributed by atoms with E-state index in [1.807, 2.05) is 0 Å². The van der Waals surface area contributed by atoms with Crippen LogP contribution in [0.4, 0.5) is 13.2 Å². The van der Waals surface area contributed by atoms with Gasteiger partial charge in [-0.25, -0.2) is 0 Å². The Morgan fingerprint density at radius 2 is 1.84 bits per heavy atom. The summed E-state index contributed by atoms with van der Waals surface area (Å²) in [6.45, 7) is 10.7. The van der Waals surface area contributed by atoms with Crippen LogP contribution >= 0.6 is 0 Å². The highest BCUT2D eigenvalue weighted by atomic mass is 28.3. The number of carbonyl (C=O) groups is 1. The van der Waals surface area contributed by atoms with E-state index in [1.54, 1.807) is 20.9 Å². The standard InChI is InChI=1S/C18H28F3NO2Si/c1-7-22(3)17(23)14-12-15(18(19,20)21)16(11-13(14)2)24-9-8-10-25(4,5)6/h11-12H,7-10H2,1-6H3. The number of amides is 1. The Bertz CT molecular complexity index is 610. The summed E-state index contributed by atoms with van der Waals surface area (Å²) in [5.41, 5.74) is -0.344. The van der Waals surface area contributed by atoms with E-state index >= 15 is 0 Å². The minimum atomic E-state index is -4.57. The van der Waals surface area contributed by atoms with Crippen molar-refractivity contribution in [2.75, 3.05) is 20.2 Å². The second-order valence-corrected chi connectivity index (χ2v) is 13.1. The van der Waals surface area contributed by atoms with Crippen LogP contribution in [0, 0.1) is 6.92 Å². The molecule has 0 atom stereocenters. The fraction of sp³-hybridized carbons (Fsp3) is 0.611. The third-order valence-electron chi connectivity index (χ3n) is 4.01. The second-order valence-electron chi connectivity index (χ2n) is 7.49. The van der Waals surface area contributed by atoms with Gasteiger partial charge in [0, 0.05) is 27.2 Å². The smallest absolute Gasteiger partial charge is 0.419 e. The van der Waals surface area contributed by atoms with Crippen molar-refractivity contribution in [1.29, 1.82) is 0 Å². The zero-order chi connectivity index (χ0) is 19.4. The molecule has 1 amide bonds. The van der Waals surface area contributed by atoms with Crippen molar-refractivity contribution in [1.82, 2.24) is 4.90 Å². The molecule has 0 heterocycles. The van der Waals surface area contributed by atoms with Gasteiger partial charge < -0.3 is 9.64 Å². The number of ether oxygens (including phenoxy) is 1. The number of hydrogen-bond acceptors (Lipinski definition) is 2. The molecule has 0 saturated carbocycles. The van der Waals surface area contributed by atoms with Gasteiger partial charge in [0.05, 0.1) is 12.2 Å². The lowest BCUT2D eigenvalue weighted by atomic mass is 10.0. The maximum atomic E-state index is 13.4. The van der Waals surface area contributed by atoms with Crippen molar-refractivity contribution < 1.29 is 22.7 Å². The summed E-state index contributed by atoms with van der Waals surface area (Å²) in [5.74, 6) is -0.618. The highest BCUT2D eigenvalue weighted by molar-refractivity contribution is 6.76. The first-order valence-corrected chi connectivity index (χ1v) is 12.2. The number of rotatable bonds is 7. The van der Waals surface area contributed by atoms with Crippen LogP contribution in [-0.2, 0) is 6.18 Å². The largest absolute Gasteiger partial charge is 0.493 e. The SMILES string of the molecule is CCN(C)C(=O)c1cc(C(F)(F)F)c(OCCC[Si](C)(C)C)cc1C. The van der Waals surface area contributed by atoms with Crippen LogP contribution in [0.3, 0.4) is 0 Å². The van der Waals surface area contributed by atoms with Gasteiger partial charge in [0.15, 0.2) is 0 Å². The van der Waals surface area contributed by atoms with Crippen LogP contribution in [0.25, 0.3) is 0 Å². The molecule has 1 aromatic rings. The summed E-state index contributed by atoms with van der Waals surface area (Å²) in [7, 11) is 0.316. The van der Waals surface area contributed by atoms with Crippen LogP contribution in [0.2, 0.25) is 25.7 Å². The average Bonchev–Trinajstić information content (AvgIpc) is 2.48. The maximum Gasteiger partial charge on any atom is 0.419 e. The van der Waals surface area contributed by atoms with E-state index in [2.05, 4.69) is 19.6 Å². The lowest BCUT2D eigenvalue weighted by Crippen LogP contribution is -2.27. The minimum absolute atomic E-state index is 0.0612. The van der Waals surface area contributed by atoms with Crippen molar-refractivity contribution in [2.24, 2.45) is 0 Å². The normalized spacial score (nSPS) is 12.2. The molecule has 0 aliphatic heterocycles. The first-order chi connectivity index (χ1) is 11.4. The van der Waals surface area contributed by atoms with Crippen molar-refractivity contribution in [2.45, 2.75) is 52.1 Å². The molecule has 1 aromatic carbocycles. The summed E-state index contributed by atoms with van der Waals surface area (Å²) in [4.78, 5) is 13.7. The van der Waals surface area contributed by atoms with Gasteiger partial charge in [0.2, 0.25) is 0 Å². The van der Waals surface area contributed by atoms with Gasteiger partial charge in [-0.05, 0) is 38.0 Å². The molecule has 0 N–H and O–H groups in total. The van der Waals surface area contributed by atoms with E-state index in [-0.39, 0.29) is 17.9 Å². The van der Waals surface area contributed by atoms with Crippen molar-refractivity contribution in [3.8, 4) is 5.75 Å². The molecule has 7 heteroatoms. The summed E-state index contributed by atoms with van der Waals surface area (Å²) in [5, 5.41) is 0. The number of hydrogen-bond donors (Lipinski definition) is 0. The Kier molecular flexibility index (Phi) is 7.11. The summed E-state index contributed by atoms with van der Waals surface area (Å²) in [6, 6.07) is 3.23. The van der Waals surface area contributed by atoms with Crippen molar-refractivity contribution in [3.05, 3.63) is 28.8 Å². The Hall–Kier alpha value is -1.50. The molecule has 1 rings (SSSR count). The second kappa shape index (κ2) is 8.25. The molecule has 0 aliphatic carbocycles. The topological polar surface area (TPSA) is 29.5 Å². The van der Waals surface area contributed by atoms with Gasteiger partial charge in [0.25, 0.3) is 5.91 Å². The Morgan fingerprint density at radius 1 is 1.24 bits per heavy atom. The van der Waals surface area contributed by atoms with Gasteiger partial charge in [-0.3, -0.25) is 4.79 Å². The van der Waals surface area contributed by atoms with E-state index in [0.29, 0.717) is 12.1 Å². The van der Waals surface area contributed by atoms with E-state index < -0.39 is 25.7 Å². The Morgan fingerprint density at radius 3 is 2.32 bits per heavy atom. The number of aryl methyl sites for hydroxylation is 1. The number of halogens is 3. The van der Waals surface area contributed by atoms with Gasteiger partial charge in [-0.1, -0.05) is 25.7 Å². The first-order valence-electron chi connectivity index (χ1n) is 8.47. The zero-order valence-electron chi connectivity index (χ0n) is 15.9. The van der Waals surface area contributed by atoms with Crippen LogP contribution in [-0.4, -0.2) is 39.1 Å². The summed E-state index contributed by atoms with van der Waals surface area (Å²) in [6.07, 6.45) is -3.84. The molecule has 0 unspecified atom stereocenters. The number of carbonyl (C=O) groups excluding carboxylic acids is 1. The van der Waals surface area contributed by atoms with E-state index in [9.17, 15) is 18.0 Å². The monoisotopic (exact) mass is 375 g/mol. The molecular formula is C18H28F3NO2Si. The van der Waals surface area contributed by atoms with E-state index in [0.717, 1.165) is 18.5 Å². The predicted octanol–water partition coefficient (Wildman–Crippen LogP) is 5.21.